The van der Waals surface area contributed by atoms with Crippen LogP contribution in [0.3, 0.4) is 0 Å². The summed E-state index contributed by atoms with van der Waals surface area (Å²) >= 11 is 12.0. The standard InChI is InChI=1S/C19H18Cl2N2O3/c1-19(13-8-9-15(20)16(21)12-13)17(24)23(18(25)22-19)10-5-11-26-14-6-3-2-4-7-14/h2-4,6-9,12H,5,10-11H2,1H3,(H,22,25). The van der Waals surface area contributed by atoms with Crippen LogP contribution in [-0.2, 0) is 10.3 Å². The molecule has 0 spiro atoms. The quantitative estimate of drug-likeness (QED) is 0.590. The molecule has 1 fully saturated rings. The first-order valence-electron chi connectivity index (χ1n) is 8.19. The summed E-state index contributed by atoms with van der Waals surface area (Å²) in [5, 5.41) is 3.48. The average Bonchev–Trinajstić information content (AvgIpc) is 2.85. The van der Waals surface area contributed by atoms with Crippen molar-refractivity contribution in [3.63, 3.8) is 0 Å². The minimum absolute atomic E-state index is 0.272. The van der Waals surface area contributed by atoms with E-state index in [2.05, 4.69) is 5.32 Å². The number of hydrogen-bond acceptors (Lipinski definition) is 3. The lowest BCUT2D eigenvalue weighted by atomic mass is 9.92. The number of nitrogens with zero attached hydrogens (tertiary/aromatic N) is 1. The molecule has 136 valence electrons. The number of nitrogens with one attached hydrogen (secondary N) is 1. The van der Waals surface area contributed by atoms with Gasteiger partial charge in [-0.15, -0.1) is 0 Å². The molecule has 2 aromatic rings. The second-order valence-electron chi connectivity index (χ2n) is 6.16. The average molecular weight is 393 g/mol. The number of para-hydroxylation sites is 1. The normalized spacial score (nSPS) is 19.6. The third kappa shape index (κ3) is 3.64. The van der Waals surface area contributed by atoms with Gasteiger partial charge in [0, 0.05) is 6.54 Å². The summed E-state index contributed by atoms with van der Waals surface area (Å²) in [6.07, 6.45) is 0.533. The molecule has 1 saturated heterocycles. The van der Waals surface area contributed by atoms with Crippen molar-refractivity contribution in [2.75, 3.05) is 13.2 Å². The Morgan fingerprint density at radius 3 is 2.50 bits per heavy atom. The molecule has 1 N–H and O–H groups in total. The predicted molar refractivity (Wildman–Crippen MR) is 101 cm³/mol. The molecule has 1 aliphatic rings. The lowest BCUT2D eigenvalue weighted by molar-refractivity contribution is -0.131. The summed E-state index contributed by atoms with van der Waals surface area (Å²) in [5.74, 6) is 0.436. The lowest BCUT2D eigenvalue weighted by Gasteiger charge is -2.22. The van der Waals surface area contributed by atoms with Gasteiger partial charge in [0.1, 0.15) is 11.3 Å². The van der Waals surface area contributed by atoms with E-state index in [0.717, 1.165) is 5.75 Å². The van der Waals surface area contributed by atoms with Crippen molar-refractivity contribution >= 4 is 35.1 Å². The van der Waals surface area contributed by atoms with Gasteiger partial charge in [0.15, 0.2) is 0 Å². The molecule has 26 heavy (non-hydrogen) atoms. The first-order valence-corrected chi connectivity index (χ1v) is 8.95. The summed E-state index contributed by atoms with van der Waals surface area (Å²) in [7, 11) is 0. The van der Waals surface area contributed by atoms with E-state index in [9.17, 15) is 9.59 Å². The van der Waals surface area contributed by atoms with E-state index in [4.69, 9.17) is 27.9 Å². The number of benzene rings is 2. The predicted octanol–water partition coefficient (Wildman–Crippen LogP) is 4.23. The van der Waals surface area contributed by atoms with Crippen LogP contribution in [0.5, 0.6) is 5.75 Å². The highest BCUT2D eigenvalue weighted by Crippen LogP contribution is 2.33. The number of ether oxygens (including phenoxy) is 1. The van der Waals surface area contributed by atoms with E-state index in [1.165, 1.54) is 4.90 Å². The number of imide groups is 1. The molecule has 0 aliphatic carbocycles. The van der Waals surface area contributed by atoms with Crippen LogP contribution in [0.15, 0.2) is 48.5 Å². The molecule has 1 unspecified atom stereocenters. The van der Waals surface area contributed by atoms with E-state index in [0.29, 0.717) is 28.6 Å². The van der Waals surface area contributed by atoms with E-state index in [-0.39, 0.29) is 12.5 Å². The van der Waals surface area contributed by atoms with Gasteiger partial charge in [-0.1, -0.05) is 47.5 Å². The largest absolute Gasteiger partial charge is 0.494 e. The van der Waals surface area contributed by atoms with Gasteiger partial charge in [0.05, 0.1) is 16.7 Å². The van der Waals surface area contributed by atoms with Crippen LogP contribution >= 0.6 is 23.2 Å². The fraction of sp³-hybridized carbons (Fsp3) is 0.263. The number of amides is 3. The molecule has 0 bridgehead atoms. The maximum Gasteiger partial charge on any atom is 0.325 e. The molecule has 7 heteroatoms. The third-order valence-electron chi connectivity index (χ3n) is 4.31. The first kappa shape index (κ1) is 18.5. The summed E-state index contributed by atoms with van der Waals surface area (Å²) in [6, 6.07) is 13.9. The molecule has 1 heterocycles. The van der Waals surface area contributed by atoms with Crippen LogP contribution in [0, 0.1) is 0 Å². The van der Waals surface area contributed by atoms with Crippen LogP contribution in [0.25, 0.3) is 0 Å². The Kier molecular flexibility index (Phi) is 5.39. The molecular formula is C19H18Cl2N2O3. The smallest absolute Gasteiger partial charge is 0.325 e. The third-order valence-corrected chi connectivity index (χ3v) is 5.05. The van der Waals surface area contributed by atoms with E-state index in [1.54, 1.807) is 25.1 Å². The fourth-order valence-electron chi connectivity index (χ4n) is 2.83. The highest BCUT2D eigenvalue weighted by atomic mass is 35.5. The Hall–Kier alpha value is -2.24. The Morgan fingerprint density at radius 1 is 1.08 bits per heavy atom. The van der Waals surface area contributed by atoms with Crippen molar-refractivity contribution in [3.8, 4) is 5.75 Å². The van der Waals surface area contributed by atoms with Gasteiger partial charge in [0.25, 0.3) is 5.91 Å². The summed E-state index contributed by atoms with van der Waals surface area (Å²) < 4.78 is 5.60. The minimum atomic E-state index is -1.16. The highest BCUT2D eigenvalue weighted by molar-refractivity contribution is 6.42. The van der Waals surface area contributed by atoms with Crippen molar-refractivity contribution < 1.29 is 14.3 Å². The second-order valence-corrected chi connectivity index (χ2v) is 6.97. The number of carbonyl (C=O) groups excluding carboxylic acids is 2. The number of hydrogen-bond donors (Lipinski definition) is 1. The van der Waals surface area contributed by atoms with E-state index < -0.39 is 11.6 Å². The van der Waals surface area contributed by atoms with Gasteiger partial charge < -0.3 is 10.1 Å². The van der Waals surface area contributed by atoms with Gasteiger partial charge >= 0.3 is 6.03 Å². The number of urea groups is 1. The van der Waals surface area contributed by atoms with Gasteiger partial charge in [0.2, 0.25) is 0 Å². The van der Waals surface area contributed by atoms with Crippen molar-refractivity contribution in [2.24, 2.45) is 0 Å². The molecule has 0 saturated carbocycles. The highest BCUT2D eigenvalue weighted by Gasteiger charge is 2.48. The Bertz CT molecular complexity index is 829. The molecule has 5 nitrogen and oxygen atoms in total. The van der Waals surface area contributed by atoms with Crippen LogP contribution in [0.2, 0.25) is 10.0 Å². The maximum absolute atomic E-state index is 12.8. The maximum atomic E-state index is 12.8. The summed E-state index contributed by atoms with van der Waals surface area (Å²) in [4.78, 5) is 26.3. The van der Waals surface area contributed by atoms with Gasteiger partial charge in [-0.2, -0.15) is 0 Å². The van der Waals surface area contributed by atoms with Gasteiger partial charge in [-0.3, -0.25) is 9.69 Å². The lowest BCUT2D eigenvalue weighted by Crippen LogP contribution is -2.41. The van der Waals surface area contributed by atoms with Crippen LogP contribution in [-0.4, -0.2) is 30.0 Å². The Balaban J connectivity index is 1.63. The number of rotatable bonds is 6. The van der Waals surface area contributed by atoms with Gasteiger partial charge in [-0.05, 0) is 43.2 Å². The molecule has 3 rings (SSSR count). The number of carbonyl (C=O) groups is 2. The molecule has 2 aromatic carbocycles. The Morgan fingerprint density at radius 2 is 1.81 bits per heavy atom. The zero-order valence-corrected chi connectivity index (χ0v) is 15.7. The van der Waals surface area contributed by atoms with E-state index >= 15 is 0 Å². The van der Waals surface area contributed by atoms with Crippen LogP contribution in [0.1, 0.15) is 18.9 Å². The zero-order valence-electron chi connectivity index (χ0n) is 14.2. The molecule has 0 radical (unpaired) electrons. The molecule has 0 aromatic heterocycles. The van der Waals surface area contributed by atoms with Crippen molar-refractivity contribution in [1.29, 1.82) is 0 Å². The monoisotopic (exact) mass is 392 g/mol. The van der Waals surface area contributed by atoms with Gasteiger partial charge in [-0.25, -0.2) is 4.79 Å². The SMILES string of the molecule is CC1(c2ccc(Cl)c(Cl)c2)NC(=O)N(CCCOc2ccccc2)C1=O. The zero-order chi connectivity index (χ0) is 18.7. The summed E-state index contributed by atoms with van der Waals surface area (Å²) in [5.41, 5.74) is -0.570. The molecule has 1 aliphatic heterocycles. The molecule has 3 amide bonds. The van der Waals surface area contributed by atoms with Crippen LogP contribution in [0.4, 0.5) is 4.79 Å². The van der Waals surface area contributed by atoms with Crippen molar-refractivity contribution in [3.05, 3.63) is 64.1 Å². The van der Waals surface area contributed by atoms with E-state index in [1.807, 2.05) is 30.3 Å². The summed E-state index contributed by atoms with van der Waals surface area (Å²) in [6.45, 7) is 2.34. The van der Waals surface area contributed by atoms with Crippen molar-refractivity contribution in [1.82, 2.24) is 10.2 Å². The fourth-order valence-corrected chi connectivity index (χ4v) is 3.13. The topological polar surface area (TPSA) is 58.6 Å². The minimum Gasteiger partial charge on any atom is -0.494 e. The van der Waals surface area contributed by atoms with Crippen LogP contribution < -0.4 is 10.1 Å². The number of halogens is 2. The Labute approximate surface area is 161 Å². The molecular weight excluding hydrogens is 375 g/mol. The second kappa shape index (κ2) is 7.56. The first-order chi connectivity index (χ1) is 12.4. The molecule has 1 atom stereocenters. The van der Waals surface area contributed by atoms with Crippen molar-refractivity contribution in [2.45, 2.75) is 18.9 Å².